The van der Waals surface area contributed by atoms with Crippen LogP contribution in [0.15, 0.2) is 11.6 Å². The Morgan fingerprint density at radius 3 is 3.08 bits per heavy atom. The molecule has 64 valence electrons. The van der Waals surface area contributed by atoms with Crippen LogP contribution < -0.4 is 4.90 Å². The van der Waals surface area contributed by atoms with E-state index in [9.17, 15) is 9.18 Å². The molecule has 1 amide bonds. The van der Waals surface area contributed by atoms with Crippen LogP contribution in [0.5, 0.6) is 0 Å². The molecule has 0 N–H and O–H groups in total. The summed E-state index contributed by atoms with van der Waals surface area (Å²) in [6.07, 6.45) is 0.575. The lowest BCUT2D eigenvalue weighted by molar-refractivity contribution is -0.121. The maximum Gasteiger partial charge on any atom is 0.263 e. The van der Waals surface area contributed by atoms with Gasteiger partial charge in [-0.2, -0.15) is 0 Å². The Hall–Kier alpha value is -0.970. The Labute approximate surface area is 72.8 Å². The topological polar surface area (TPSA) is 33.2 Å². The van der Waals surface area contributed by atoms with Crippen LogP contribution in [0.25, 0.3) is 0 Å². The van der Waals surface area contributed by atoms with E-state index in [0.29, 0.717) is 18.1 Å². The first-order chi connectivity index (χ1) is 5.79. The first-order valence-electron chi connectivity index (χ1n) is 3.64. The van der Waals surface area contributed by atoms with Gasteiger partial charge < -0.3 is 0 Å². The van der Waals surface area contributed by atoms with Crippen molar-refractivity contribution >= 4 is 22.4 Å². The molecule has 0 aliphatic carbocycles. The molecule has 1 saturated heterocycles. The van der Waals surface area contributed by atoms with E-state index in [1.165, 1.54) is 16.2 Å². The number of hydrogen-bond acceptors (Lipinski definition) is 3. The van der Waals surface area contributed by atoms with Gasteiger partial charge >= 0.3 is 0 Å². The molecule has 2 heterocycles. The minimum absolute atomic E-state index is 0.290. The third-order valence-corrected chi connectivity index (χ3v) is 2.58. The van der Waals surface area contributed by atoms with Gasteiger partial charge in [-0.3, -0.25) is 9.69 Å². The third-order valence-electron chi connectivity index (χ3n) is 1.79. The third kappa shape index (κ3) is 1.10. The van der Waals surface area contributed by atoms with Crippen molar-refractivity contribution < 1.29 is 9.18 Å². The lowest BCUT2D eigenvalue weighted by atomic mass is 10.3. The molecule has 5 heteroatoms. The highest BCUT2D eigenvalue weighted by molar-refractivity contribution is 7.13. The van der Waals surface area contributed by atoms with Gasteiger partial charge in [0, 0.05) is 24.5 Å². The minimum atomic E-state index is -1.33. The molecule has 0 bridgehead atoms. The largest absolute Gasteiger partial charge is 0.285 e. The number of alkyl halides is 1. The SMILES string of the molecule is O=C1C(F)CCN1c1nccs1. The monoisotopic (exact) mass is 186 g/mol. The molecular weight excluding hydrogens is 179 g/mol. The lowest BCUT2D eigenvalue weighted by Crippen LogP contribution is -2.27. The molecule has 1 unspecified atom stereocenters. The molecule has 0 saturated carbocycles. The van der Waals surface area contributed by atoms with Gasteiger partial charge in [0.15, 0.2) is 11.3 Å². The van der Waals surface area contributed by atoms with Gasteiger partial charge in [0.1, 0.15) is 0 Å². The number of rotatable bonds is 1. The van der Waals surface area contributed by atoms with Gasteiger partial charge in [-0.1, -0.05) is 0 Å². The molecule has 1 aromatic rings. The molecular formula is C7H7FN2OS. The number of thiazole rings is 1. The first kappa shape index (κ1) is 7.67. The van der Waals surface area contributed by atoms with E-state index in [4.69, 9.17) is 0 Å². The van der Waals surface area contributed by atoms with Crippen molar-refractivity contribution in [2.24, 2.45) is 0 Å². The van der Waals surface area contributed by atoms with Crippen LogP contribution in [-0.4, -0.2) is 23.6 Å². The second-order valence-electron chi connectivity index (χ2n) is 2.56. The van der Waals surface area contributed by atoms with Crippen molar-refractivity contribution in [1.29, 1.82) is 0 Å². The van der Waals surface area contributed by atoms with E-state index in [2.05, 4.69) is 4.98 Å². The number of nitrogens with zero attached hydrogens (tertiary/aromatic N) is 2. The number of carbonyl (C=O) groups is 1. The van der Waals surface area contributed by atoms with Crippen molar-refractivity contribution in [3.63, 3.8) is 0 Å². The van der Waals surface area contributed by atoms with Crippen LogP contribution in [-0.2, 0) is 4.79 Å². The summed E-state index contributed by atoms with van der Waals surface area (Å²) in [5.41, 5.74) is 0. The smallest absolute Gasteiger partial charge is 0.263 e. The number of halogens is 1. The zero-order valence-corrected chi connectivity index (χ0v) is 7.05. The highest BCUT2D eigenvalue weighted by Gasteiger charge is 2.33. The quantitative estimate of drug-likeness (QED) is 0.660. The lowest BCUT2D eigenvalue weighted by Gasteiger charge is -2.09. The fraction of sp³-hybridized carbons (Fsp3) is 0.429. The Morgan fingerprint density at radius 2 is 2.58 bits per heavy atom. The summed E-state index contributed by atoms with van der Waals surface area (Å²) in [6, 6.07) is 0. The predicted octanol–water partition coefficient (Wildman–Crippen LogP) is 1.22. The highest BCUT2D eigenvalue weighted by Crippen LogP contribution is 2.24. The molecule has 0 spiro atoms. The Balaban J connectivity index is 2.22. The number of carbonyl (C=O) groups excluding carboxylic acids is 1. The second kappa shape index (κ2) is 2.82. The standard InChI is InChI=1S/C7H7FN2OS/c8-5-1-3-10(6(5)11)7-9-2-4-12-7/h2,4-5H,1,3H2. The maximum atomic E-state index is 12.7. The van der Waals surface area contributed by atoms with Crippen LogP contribution in [0.3, 0.4) is 0 Å². The Bertz CT molecular complexity index is 288. The van der Waals surface area contributed by atoms with E-state index in [0.717, 1.165) is 0 Å². The molecule has 0 aromatic carbocycles. The summed E-state index contributed by atoms with van der Waals surface area (Å²) in [6.45, 7) is 0.452. The molecule has 3 nitrogen and oxygen atoms in total. The Kier molecular flexibility index (Phi) is 1.80. The van der Waals surface area contributed by atoms with Gasteiger partial charge in [0.05, 0.1) is 0 Å². The summed E-state index contributed by atoms with van der Waals surface area (Å²) in [5, 5.41) is 2.37. The Morgan fingerprint density at radius 1 is 1.75 bits per heavy atom. The van der Waals surface area contributed by atoms with Crippen molar-refractivity contribution in [2.45, 2.75) is 12.6 Å². The van der Waals surface area contributed by atoms with Gasteiger partial charge in [0.2, 0.25) is 0 Å². The van der Waals surface area contributed by atoms with Gasteiger partial charge in [-0.25, -0.2) is 9.37 Å². The van der Waals surface area contributed by atoms with E-state index < -0.39 is 12.1 Å². The number of amides is 1. The summed E-state index contributed by atoms with van der Waals surface area (Å²) in [4.78, 5) is 16.5. The van der Waals surface area contributed by atoms with Crippen molar-refractivity contribution in [3.8, 4) is 0 Å². The van der Waals surface area contributed by atoms with Crippen LogP contribution >= 0.6 is 11.3 Å². The van der Waals surface area contributed by atoms with E-state index >= 15 is 0 Å². The van der Waals surface area contributed by atoms with Crippen molar-refractivity contribution in [1.82, 2.24) is 4.98 Å². The summed E-state index contributed by atoms with van der Waals surface area (Å²) in [5.74, 6) is -0.454. The minimum Gasteiger partial charge on any atom is -0.285 e. The molecule has 1 fully saturated rings. The fourth-order valence-corrected chi connectivity index (χ4v) is 1.86. The summed E-state index contributed by atoms with van der Waals surface area (Å²) in [7, 11) is 0. The van der Waals surface area contributed by atoms with Gasteiger partial charge in [-0.05, 0) is 0 Å². The number of anilines is 1. The maximum absolute atomic E-state index is 12.7. The molecule has 1 aliphatic heterocycles. The van der Waals surface area contributed by atoms with Crippen LogP contribution in [0.2, 0.25) is 0 Å². The average Bonchev–Trinajstić information content (AvgIpc) is 2.64. The molecule has 1 aliphatic rings. The number of aromatic nitrogens is 1. The van der Waals surface area contributed by atoms with E-state index in [-0.39, 0.29) is 0 Å². The van der Waals surface area contributed by atoms with Crippen LogP contribution in [0.1, 0.15) is 6.42 Å². The second-order valence-corrected chi connectivity index (χ2v) is 3.43. The zero-order chi connectivity index (χ0) is 8.55. The summed E-state index contributed by atoms with van der Waals surface area (Å²) >= 11 is 1.35. The van der Waals surface area contributed by atoms with E-state index in [1.54, 1.807) is 11.6 Å². The predicted molar refractivity (Wildman–Crippen MR) is 44.0 cm³/mol. The highest BCUT2D eigenvalue weighted by atomic mass is 32.1. The van der Waals surface area contributed by atoms with Crippen LogP contribution in [0, 0.1) is 0 Å². The molecule has 12 heavy (non-hydrogen) atoms. The molecule has 1 atom stereocenters. The zero-order valence-electron chi connectivity index (χ0n) is 6.24. The van der Waals surface area contributed by atoms with Crippen molar-refractivity contribution in [3.05, 3.63) is 11.6 Å². The first-order valence-corrected chi connectivity index (χ1v) is 4.52. The number of hydrogen-bond donors (Lipinski definition) is 0. The normalized spacial score (nSPS) is 23.6. The van der Waals surface area contributed by atoms with Crippen molar-refractivity contribution in [2.75, 3.05) is 11.4 Å². The average molecular weight is 186 g/mol. The fourth-order valence-electron chi connectivity index (χ4n) is 1.18. The van der Waals surface area contributed by atoms with Crippen LogP contribution in [0.4, 0.5) is 9.52 Å². The van der Waals surface area contributed by atoms with E-state index in [1.807, 2.05) is 0 Å². The van der Waals surface area contributed by atoms with Gasteiger partial charge in [0.25, 0.3) is 5.91 Å². The summed E-state index contributed by atoms with van der Waals surface area (Å²) < 4.78 is 12.7. The molecule has 1 aromatic heterocycles. The molecule has 2 rings (SSSR count). The van der Waals surface area contributed by atoms with Gasteiger partial charge in [-0.15, -0.1) is 11.3 Å². The molecule has 0 radical (unpaired) electrons.